The Bertz CT molecular complexity index is 806. The number of hydrogen-bond acceptors (Lipinski definition) is 3. The lowest BCUT2D eigenvalue weighted by molar-refractivity contribution is -0.148. The molecule has 25 heavy (non-hydrogen) atoms. The average molecular weight is 366 g/mol. The van der Waals surface area contributed by atoms with E-state index in [-0.39, 0.29) is 5.02 Å². The Labute approximate surface area is 148 Å². The fourth-order valence-corrected chi connectivity index (χ4v) is 2.01. The van der Waals surface area contributed by atoms with E-state index in [1.165, 1.54) is 55.5 Å². The molecule has 0 saturated carbocycles. The molecule has 0 aromatic heterocycles. The van der Waals surface area contributed by atoms with Gasteiger partial charge in [-0.25, -0.2) is 13.6 Å². The molecule has 0 fully saturated rings. The van der Waals surface area contributed by atoms with Crippen molar-refractivity contribution in [3.05, 3.63) is 70.8 Å². The van der Waals surface area contributed by atoms with Gasteiger partial charge in [0, 0.05) is 11.8 Å². The first-order valence-electron chi connectivity index (χ1n) is 7.25. The zero-order valence-corrected chi connectivity index (χ0v) is 13.9. The third-order valence-electron chi connectivity index (χ3n) is 3.13. The van der Waals surface area contributed by atoms with Crippen LogP contribution in [0.25, 0.3) is 6.08 Å². The minimum Gasteiger partial charge on any atom is -0.449 e. The van der Waals surface area contributed by atoms with Gasteiger partial charge in [0.2, 0.25) is 0 Å². The summed E-state index contributed by atoms with van der Waals surface area (Å²) in [4.78, 5) is 23.7. The van der Waals surface area contributed by atoms with Crippen molar-refractivity contribution >= 4 is 35.2 Å². The van der Waals surface area contributed by atoms with E-state index in [0.717, 1.165) is 6.08 Å². The number of amides is 1. The van der Waals surface area contributed by atoms with Crippen molar-refractivity contribution in [3.8, 4) is 0 Å². The van der Waals surface area contributed by atoms with E-state index in [2.05, 4.69) is 5.32 Å². The van der Waals surface area contributed by atoms with Gasteiger partial charge in [-0.15, -0.1) is 0 Å². The third-order valence-corrected chi connectivity index (χ3v) is 3.42. The largest absolute Gasteiger partial charge is 0.449 e. The first-order valence-corrected chi connectivity index (χ1v) is 7.63. The lowest BCUT2D eigenvalue weighted by atomic mass is 10.2. The number of hydrogen-bond donors (Lipinski definition) is 1. The Kier molecular flexibility index (Phi) is 6.25. The van der Waals surface area contributed by atoms with E-state index in [1.54, 1.807) is 0 Å². The fraction of sp³-hybridized carbons (Fsp3) is 0.111. The second kappa shape index (κ2) is 8.39. The van der Waals surface area contributed by atoms with Crippen LogP contribution in [0.4, 0.5) is 14.5 Å². The van der Waals surface area contributed by atoms with Crippen molar-refractivity contribution < 1.29 is 23.1 Å². The first kappa shape index (κ1) is 18.6. The highest BCUT2D eigenvalue weighted by atomic mass is 35.5. The predicted octanol–water partition coefficient (Wildman–Crippen LogP) is 4.20. The SMILES string of the molecule is C[C@@H](OC(=O)/C=C/c1ccc(F)c(Cl)c1)C(=O)Nc1ccc(F)cc1. The number of anilines is 1. The number of halogens is 3. The molecule has 0 aliphatic carbocycles. The lowest BCUT2D eigenvalue weighted by Gasteiger charge is -2.12. The number of nitrogens with one attached hydrogen (secondary N) is 1. The minimum atomic E-state index is -1.06. The maximum absolute atomic E-state index is 13.0. The van der Waals surface area contributed by atoms with Crippen LogP contribution in [-0.4, -0.2) is 18.0 Å². The van der Waals surface area contributed by atoms with Gasteiger partial charge in [0.05, 0.1) is 5.02 Å². The monoisotopic (exact) mass is 365 g/mol. The topological polar surface area (TPSA) is 55.4 Å². The Morgan fingerprint density at radius 2 is 1.84 bits per heavy atom. The Hall–Kier alpha value is -2.73. The van der Waals surface area contributed by atoms with Gasteiger partial charge in [0.15, 0.2) is 6.10 Å². The van der Waals surface area contributed by atoms with Crippen molar-refractivity contribution in [3.63, 3.8) is 0 Å². The molecule has 0 unspecified atom stereocenters. The summed E-state index contributed by atoms with van der Waals surface area (Å²) in [6.07, 6.45) is 1.43. The molecular weight excluding hydrogens is 352 g/mol. The lowest BCUT2D eigenvalue weighted by Crippen LogP contribution is -2.29. The molecule has 0 heterocycles. The number of ether oxygens (including phenoxy) is 1. The van der Waals surface area contributed by atoms with Gasteiger partial charge in [-0.3, -0.25) is 4.79 Å². The molecule has 1 atom stereocenters. The summed E-state index contributed by atoms with van der Waals surface area (Å²) in [6, 6.07) is 9.14. The van der Waals surface area contributed by atoms with Crippen molar-refractivity contribution in [2.45, 2.75) is 13.0 Å². The van der Waals surface area contributed by atoms with E-state index >= 15 is 0 Å². The highest BCUT2D eigenvalue weighted by molar-refractivity contribution is 6.30. The summed E-state index contributed by atoms with van der Waals surface area (Å²) in [7, 11) is 0. The van der Waals surface area contributed by atoms with Crippen molar-refractivity contribution in [1.82, 2.24) is 0 Å². The molecule has 4 nitrogen and oxygen atoms in total. The molecule has 0 radical (unpaired) electrons. The molecule has 0 saturated heterocycles. The van der Waals surface area contributed by atoms with Gasteiger partial charge >= 0.3 is 5.97 Å². The summed E-state index contributed by atoms with van der Waals surface area (Å²) >= 11 is 5.64. The minimum absolute atomic E-state index is 0.0671. The molecular formula is C18H14ClF2NO3. The summed E-state index contributed by atoms with van der Waals surface area (Å²) in [5.74, 6) is -2.30. The van der Waals surface area contributed by atoms with Crippen LogP contribution in [0.1, 0.15) is 12.5 Å². The van der Waals surface area contributed by atoms with Crippen LogP contribution in [0, 0.1) is 11.6 Å². The number of benzene rings is 2. The first-order chi connectivity index (χ1) is 11.8. The number of rotatable bonds is 5. The van der Waals surface area contributed by atoms with Crippen molar-refractivity contribution in [1.29, 1.82) is 0 Å². The molecule has 1 amide bonds. The standard InChI is InChI=1S/C18H14ClF2NO3/c1-11(18(24)22-14-6-4-13(20)5-7-14)25-17(23)9-3-12-2-8-16(21)15(19)10-12/h2-11H,1H3,(H,22,24)/b9-3+/t11-/m1/s1. The summed E-state index contributed by atoms with van der Waals surface area (Å²) in [5.41, 5.74) is 0.887. The van der Waals surface area contributed by atoms with Gasteiger partial charge in [-0.05, 0) is 55.0 Å². The van der Waals surface area contributed by atoms with Crippen LogP contribution in [0.2, 0.25) is 5.02 Å². The molecule has 0 aliphatic heterocycles. The van der Waals surface area contributed by atoms with Crippen LogP contribution in [0.5, 0.6) is 0 Å². The molecule has 0 bridgehead atoms. The molecule has 2 rings (SSSR count). The van der Waals surface area contributed by atoms with E-state index in [0.29, 0.717) is 11.3 Å². The van der Waals surface area contributed by atoms with Crippen LogP contribution < -0.4 is 5.32 Å². The van der Waals surface area contributed by atoms with Gasteiger partial charge in [0.25, 0.3) is 5.91 Å². The second-order valence-corrected chi connectivity index (χ2v) is 5.49. The van der Waals surface area contributed by atoms with E-state index < -0.39 is 29.6 Å². The highest BCUT2D eigenvalue weighted by Crippen LogP contribution is 2.17. The van der Waals surface area contributed by atoms with Crippen LogP contribution in [0.3, 0.4) is 0 Å². The van der Waals surface area contributed by atoms with E-state index in [9.17, 15) is 18.4 Å². The van der Waals surface area contributed by atoms with Crippen molar-refractivity contribution in [2.24, 2.45) is 0 Å². The van der Waals surface area contributed by atoms with E-state index in [4.69, 9.17) is 16.3 Å². The van der Waals surface area contributed by atoms with Crippen molar-refractivity contribution in [2.75, 3.05) is 5.32 Å². The molecule has 0 spiro atoms. The van der Waals surface area contributed by atoms with Gasteiger partial charge in [-0.2, -0.15) is 0 Å². The normalized spacial score (nSPS) is 12.0. The maximum atomic E-state index is 13.0. The number of esters is 1. The third kappa shape index (κ3) is 5.69. The van der Waals surface area contributed by atoms with Crippen LogP contribution >= 0.6 is 11.6 Å². The van der Waals surface area contributed by atoms with Crippen LogP contribution in [-0.2, 0) is 14.3 Å². The zero-order valence-electron chi connectivity index (χ0n) is 13.1. The summed E-state index contributed by atoms with van der Waals surface area (Å²) in [5, 5.41) is 2.43. The summed E-state index contributed by atoms with van der Waals surface area (Å²) < 4.78 is 30.8. The average Bonchev–Trinajstić information content (AvgIpc) is 2.58. The summed E-state index contributed by atoms with van der Waals surface area (Å²) in [6.45, 7) is 1.40. The van der Waals surface area contributed by atoms with Gasteiger partial charge in [0.1, 0.15) is 11.6 Å². The second-order valence-electron chi connectivity index (χ2n) is 5.08. The molecule has 2 aromatic rings. The molecule has 0 aliphatic rings. The Morgan fingerprint density at radius 1 is 1.16 bits per heavy atom. The maximum Gasteiger partial charge on any atom is 0.331 e. The van der Waals surface area contributed by atoms with Gasteiger partial charge < -0.3 is 10.1 Å². The van der Waals surface area contributed by atoms with E-state index in [1.807, 2.05) is 0 Å². The van der Waals surface area contributed by atoms with Gasteiger partial charge in [-0.1, -0.05) is 17.7 Å². The fourth-order valence-electron chi connectivity index (χ4n) is 1.82. The molecule has 1 N–H and O–H groups in total. The smallest absolute Gasteiger partial charge is 0.331 e. The Balaban J connectivity index is 1.90. The zero-order chi connectivity index (χ0) is 18.4. The molecule has 130 valence electrons. The molecule has 2 aromatic carbocycles. The number of carbonyl (C=O) groups excluding carboxylic acids is 2. The number of carbonyl (C=O) groups is 2. The quantitative estimate of drug-likeness (QED) is 0.638. The highest BCUT2D eigenvalue weighted by Gasteiger charge is 2.16. The Morgan fingerprint density at radius 3 is 2.48 bits per heavy atom. The predicted molar refractivity (Wildman–Crippen MR) is 91.0 cm³/mol. The molecule has 7 heteroatoms. The van der Waals surface area contributed by atoms with Crippen LogP contribution in [0.15, 0.2) is 48.5 Å².